The van der Waals surface area contributed by atoms with Crippen molar-refractivity contribution in [1.82, 2.24) is 15.1 Å². The highest BCUT2D eigenvalue weighted by atomic mass is 16.5. The van der Waals surface area contributed by atoms with Crippen LogP contribution in [0.3, 0.4) is 0 Å². The van der Waals surface area contributed by atoms with Crippen LogP contribution in [0.2, 0.25) is 0 Å². The van der Waals surface area contributed by atoms with Gasteiger partial charge in [0.2, 0.25) is 0 Å². The number of hydrogen-bond acceptors (Lipinski definition) is 6. The van der Waals surface area contributed by atoms with Gasteiger partial charge < -0.3 is 20.1 Å². The number of ether oxygens (including phenoxy) is 1. The molecule has 0 spiro atoms. The van der Waals surface area contributed by atoms with E-state index >= 15 is 0 Å². The second-order valence-corrected chi connectivity index (χ2v) is 5.09. The Morgan fingerprint density at radius 1 is 1.52 bits per heavy atom. The van der Waals surface area contributed by atoms with E-state index in [1.807, 2.05) is 12.1 Å². The Bertz CT molecular complexity index is 796. The van der Waals surface area contributed by atoms with Gasteiger partial charge in [0.15, 0.2) is 0 Å². The molecule has 8 heteroatoms. The van der Waals surface area contributed by atoms with Gasteiger partial charge >= 0.3 is 5.97 Å². The van der Waals surface area contributed by atoms with Crippen LogP contribution >= 0.6 is 0 Å². The molecule has 0 radical (unpaired) electrons. The molecule has 1 amide bonds. The zero-order valence-electron chi connectivity index (χ0n) is 12.5. The summed E-state index contributed by atoms with van der Waals surface area (Å²) in [4.78, 5) is 25.7. The minimum Gasteiger partial charge on any atom is -0.466 e. The molecule has 0 aliphatic carbocycles. The first-order valence-corrected chi connectivity index (χ1v) is 7.05. The second-order valence-electron chi connectivity index (χ2n) is 5.09. The van der Waals surface area contributed by atoms with Crippen molar-refractivity contribution in [2.24, 2.45) is 0 Å². The van der Waals surface area contributed by atoms with Crippen molar-refractivity contribution in [3.63, 3.8) is 0 Å². The lowest BCUT2D eigenvalue weighted by Gasteiger charge is -2.15. The number of aromatic nitrogens is 2. The van der Waals surface area contributed by atoms with Crippen molar-refractivity contribution < 1.29 is 19.4 Å². The number of benzene rings is 1. The number of nitrogens with zero attached hydrogens (tertiary/aromatic N) is 2. The molecule has 3 rings (SSSR count). The summed E-state index contributed by atoms with van der Waals surface area (Å²) in [5.74, 6) is -0.905. The number of rotatable bonds is 5. The van der Waals surface area contributed by atoms with Crippen LogP contribution in [0.4, 0.5) is 5.69 Å². The molecule has 0 atom stereocenters. The number of esters is 1. The maximum Gasteiger partial charge on any atom is 0.337 e. The van der Waals surface area contributed by atoms with Crippen molar-refractivity contribution in [2.75, 3.05) is 32.1 Å². The van der Waals surface area contributed by atoms with E-state index in [9.17, 15) is 9.59 Å². The Morgan fingerprint density at radius 2 is 2.35 bits per heavy atom. The largest absolute Gasteiger partial charge is 0.466 e. The first-order valence-electron chi connectivity index (χ1n) is 7.05. The van der Waals surface area contributed by atoms with Gasteiger partial charge in [-0.3, -0.25) is 9.89 Å². The van der Waals surface area contributed by atoms with Crippen LogP contribution < -0.4 is 5.32 Å². The summed E-state index contributed by atoms with van der Waals surface area (Å²) in [6, 6.07) is 5.43. The first kappa shape index (κ1) is 15.0. The predicted octanol–water partition coefficient (Wildman–Crippen LogP) is 0.236. The van der Waals surface area contributed by atoms with Gasteiger partial charge in [-0.05, 0) is 18.2 Å². The van der Waals surface area contributed by atoms with E-state index in [1.54, 1.807) is 12.3 Å². The summed E-state index contributed by atoms with van der Waals surface area (Å²) in [5.41, 5.74) is 1.96. The summed E-state index contributed by atoms with van der Waals surface area (Å²) < 4.78 is 4.74. The Morgan fingerprint density at radius 3 is 3.09 bits per heavy atom. The van der Waals surface area contributed by atoms with Gasteiger partial charge in [0, 0.05) is 17.6 Å². The quantitative estimate of drug-likeness (QED) is 0.682. The number of hydrogen-bond donors (Lipinski definition) is 3. The minimum absolute atomic E-state index is 0.113. The second kappa shape index (κ2) is 6.09. The van der Waals surface area contributed by atoms with Gasteiger partial charge in [0.05, 0.1) is 37.5 Å². The molecule has 2 aromatic rings. The van der Waals surface area contributed by atoms with Gasteiger partial charge in [-0.25, -0.2) is 4.79 Å². The molecule has 1 aliphatic rings. The third kappa shape index (κ3) is 2.76. The van der Waals surface area contributed by atoms with Crippen LogP contribution in [0.15, 0.2) is 35.7 Å². The fraction of sp³-hybridized carbons (Fsp3) is 0.267. The molecule has 2 heterocycles. The number of aliphatic hydroxyl groups excluding tert-OH is 1. The molecule has 3 N–H and O–H groups in total. The van der Waals surface area contributed by atoms with Crippen molar-refractivity contribution in [2.45, 2.75) is 0 Å². The van der Waals surface area contributed by atoms with Gasteiger partial charge in [0.25, 0.3) is 5.91 Å². The molecule has 1 aromatic carbocycles. The van der Waals surface area contributed by atoms with Gasteiger partial charge in [-0.2, -0.15) is 5.10 Å². The Labute approximate surface area is 131 Å². The molecule has 0 bridgehead atoms. The monoisotopic (exact) mass is 316 g/mol. The molecule has 120 valence electrons. The van der Waals surface area contributed by atoms with E-state index in [0.29, 0.717) is 5.69 Å². The lowest BCUT2D eigenvalue weighted by Crippen LogP contribution is -2.31. The molecule has 0 saturated heterocycles. The van der Waals surface area contributed by atoms with E-state index in [4.69, 9.17) is 9.84 Å². The molecular weight excluding hydrogens is 300 g/mol. The number of aromatic amines is 1. The van der Waals surface area contributed by atoms with Crippen LogP contribution in [0, 0.1) is 0 Å². The average Bonchev–Trinajstić information content (AvgIpc) is 3.13. The highest BCUT2D eigenvalue weighted by Gasteiger charge is 2.34. The highest BCUT2D eigenvalue weighted by molar-refractivity contribution is 6.08. The third-order valence-corrected chi connectivity index (χ3v) is 3.66. The average molecular weight is 316 g/mol. The number of anilines is 1. The van der Waals surface area contributed by atoms with Crippen LogP contribution in [-0.2, 0) is 14.3 Å². The van der Waals surface area contributed by atoms with E-state index in [2.05, 4.69) is 15.5 Å². The Kier molecular flexibility index (Phi) is 3.98. The van der Waals surface area contributed by atoms with Crippen molar-refractivity contribution in [1.29, 1.82) is 0 Å². The predicted molar refractivity (Wildman–Crippen MR) is 82.4 cm³/mol. The van der Waals surface area contributed by atoms with Crippen molar-refractivity contribution in [3.8, 4) is 0 Å². The van der Waals surface area contributed by atoms with Crippen LogP contribution in [0.25, 0.3) is 10.9 Å². The molecule has 1 aromatic heterocycles. The summed E-state index contributed by atoms with van der Waals surface area (Å²) in [6.07, 6.45) is 1.67. The number of methoxy groups -OCH3 is 1. The van der Waals surface area contributed by atoms with Gasteiger partial charge in [0.1, 0.15) is 5.70 Å². The number of fused-ring (bicyclic) bond motifs is 1. The van der Waals surface area contributed by atoms with Gasteiger partial charge in [-0.15, -0.1) is 0 Å². The van der Waals surface area contributed by atoms with Gasteiger partial charge in [-0.1, -0.05) is 0 Å². The lowest BCUT2D eigenvalue weighted by atomic mass is 10.2. The number of carbonyl (C=O) groups excluding carboxylic acids is 2. The number of amides is 1. The molecule has 1 aliphatic heterocycles. The summed E-state index contributed by atoms with van der Waals surface area (Å²) >= 11 is 0. The molecule has 23 heavy (non-hydrogen) atoms. The molecular formula is C15H16N4O4. The standard InChI is InChI=1S/C15H16N4O4/c1-23-15(22)11-8-19(4-5-20)14(21)13(11)17-10-2-3-12-9(6-10)7-16-18-12/h2-3,6-7,17,20H,4-5,8H2,1H3,(H,16,18). The minimum atomic E-state index is -0.564. The van der Waals surface area contributed by atoms with E-state index in [1.165, 1.54) is 12.0 Å². The molecule has 0 saturated carbocycles. The smallest absolute Gasteiger partial charge is 0.337 e. The molecule has 0 fully saturated rings. The topological polar surface area (TPSA) is 108 Å². The number of β-amino-alcohol motifs (C(OH)–C–C–N with tert-alkyl or cyclic N) is 1. The third-order valence-electron chi connectivity index (χ3n) is 3.66. The Hall–Kier alpha value is -2.87. The first-order chi connectivity index (χ1) is 11.1. The lowest BCUT2D eigenvalue weighted by molar-refractivity contribution is -0.136. The highest BCUT2D eigenvalue weighted by Crippen LogP contribution is 2.24. The summed E-state index contributed by atoms with van der Waals surface area (Å²) in [7, 11) is 1.27. The summed E-state index contributed by atoms with van der Waals surface area (Å²) in [5, 5.41) is 19.7. The zero-order valence-corrected chi connectivity index (χ0v) is 12.5. The SMILES string of the molecule is COC(=O)C1=C(Nc2ccc3[nH]ncc3c2)C(=O)N(CCO)C1. The van der Waals surface area contributed by atoms with E-state index < -0.39 is 5.97 Å². The maximum absolute atomic E-state index is 12.4. The number of nitrogens with one attached hydrogen (secondary N) is 2. The van der Waals surface area contributed by atoms with Crippen LogP contribution in [-0.4, -0.2) is 58.9 Å². The van der Waals surface area contributed by atoms with Crippen LogP contribution in [0.1, 0.15) is 0 Å². The van der Waals surface area contributed by atoms with Crippen molar-refractivity contribution >= 4 is 28.5 Å². The number of carbonyl (C=O) groups is 2. The Balaban J connectivity index is 1.92. The normalized spacial score (nSPS) is 14.7. The van der Waals surface area contributed by atoms with E-state index in [-0.39, 0.29) is 36.9 Å². The van der Waals surface area contributed by atoms with Crippen molar-refractivity contribution in [3.05, 3.63) is 35.7 Å². The van der Waals surface area contributed by atoms with E-state index in [0.717, 1.165) is 10.9 Å². The zero-order chi connectivity index (χ0) is 16.4. The summed E-state index contributed by atoms with van der Waals surface area (Å²) in [6.45, 7) is 0.0993. The number of H-pyrrole nitrogens is 1. The number of aliphatic hydroxyl groups is 1. The fourth-order valence-corrected chi connectivity index (χ4v) is 2.51. The molecule has 8 nitrogen and oxygen atoms in total. The fourth-order valence-electron chi connectivity index (χ4n) is 2.51. The van der Waals surface area contributed by atoms with Crippen LogP contribution in [0.5, 0.6) is 0 Å². The molecule has 0 unspecified atom stereocenters. The maximum atomic E-state index is 12.4.